The summed E-state index contributed by atoms with van der Waals surface area (Å²) in [5, 5.41) is 10.9. The number of alkyl halides is 3. The predicted octanol–water partition coefficient (Wildman–Crippen LogP) is 2.88. The van der Waals surface area contributed by atoms with Crippen molar-refractivity contribution in [3.8, 4) is 11.1 Å². The number of aromatic amines is 1. The molecule has 0 bridgehead atoms. The average Bonchev–Trinajstić information content (AvgIpc) is 3.15. The van der Waals surface area contributed by atoms with Crippen molar-refractivity contribution in [3.05, 3.63) is 30.6 Å². The van der Waals surface area contributed by atoms with E-state index in [2.05, 4.69) is 30.6 Å². The van der Waals surface area contributed by atoms with Gasteiger partial charge in [0.15, 0.2) is 0 Å². The van der Waals surface area contributed by atoms with E-state index >= 15 is 0 Å². The van der Waals surface area contributed by atoms with Crippen molar-refractivity contribution in [3.63, 3.8) is 0 Å². The highest BCUT2D eigenvalue weighted by molar-refractivity contribution is 5.95. The molecule has 25 heavy (non-hydrogen) atoms. The lowest BCUT2D eigenvalue weighted by molar-refractivity contribution is -0.115. The summed E-state index contributed by atoms with van der Waals surface area (Å²) < 4.78 is 38.5. The molecule has 128 valence electrons. The molecule has 0 spiro atoms. The largest absolute Gasteiger partial charge is 0.405 e. The molecule has 0 aliphatic carbocycles. The number of hydrogen-bond acceptors (Lipinski definition) is 5. The van der Waals surface area contributed by atoms with Crippen LogP contribution in [-0.4, -0.2) is 42.7 Å². The molecule has 2 N–H and O–H groups in total. The van der Waals surface area contributed by atoms with Crippen LogP contribution in [0.1, 0.15) is 0 Å². The lowest BCUT2D eigenvalue weighted by Gasteiger charge is -2.07. The molecule has 0 atom stereocenters. The Balaban J connectivity index is 1.71. The Hall–Kier alpha value is -3.17. The van der Waals surface area contributed by atoms with Crippen LogP contribution in [0.3, 0.4) is 0 Å². The van der Waals surface area contributed by atoms with E-state index in [1.807, 2.05) is 18.2 Å². The summed E-state index contributed by atoms with van der Waals surface area (Å²) in [6.07, 6.45) is -1.08. The van der Waals surface area contributed by atoms with Gasteiger partial charge in [0.05, 0.1) is 5.52 Å². The number of hydrogen-bond donors (Lipinski definition) is 2. The van der Waals surface area contributed by atoms with E-state index in [1.54, 1.807) is 17.9 Å². The Bertz CT molecular complexity index is 1060. The van der Waals surface area contributed by atoms with Crippen molar-refractivity contribution < 1.29 is 13.2 Å². The first-order chi connectivity index (χ1) is 11.9. The van der Waals surface area contributed by atoms with E-state index in [0.717, 1.165) is 22.2 Å². The van der Waals surface area contributed by atoms with Crippen molar-refractivity contribution in [1.29, 1.82) is 0 Å². The molecule has 0 aliphatic rings. The van der Waals surface area contributed by atoms with Gasteiger partial charge in [0.25, 0.3) is 0 Å². The second-order valence-electron chi connectivity index (χ2n) is 5.54. The highest BCUT2D eigenvalue weighted by Gasteiger charge is 2.27. The fourth-order valence-corrected chi connectivity index (χ4v) is 2.61. The van der Waals surface area contributed by atoms with Crippen LogP contribution < -0.4 is 5.32 Å². The average molecular weight is 347 g/mol. The minimum Gasteiger partial charge on any atom is -0.345 e. The topological polar surface area (TPSA) is 84.3 Å². The number of anilines is 1. The number of H-pyrrole nitrogens is 1. The molecule has 0 fully saturated rings. The van der Waals surface area contributed by atoms with Crippen LogP contribution in [0.5, 0.6) is 0 Å². The van der Waals surface area contributed by atoms with Crippen molar-refractivity contribution in [2.75, 3.05) is 11.9 Å². The first-order valence-corrected chi connectivity index (χ1v) is 7.35. The highest BCUT2D eigenvalue weighted by atomic mass is 19.4. The molecular weight excluding hydrogens is 335 g/mol. The molecule has 0 aliphatic heterocycles. The normalized spacial score (nSPS) is 12.2. The zero-order chi connectivity index (χ0) is 17.6. The van der Waals surface area contributed by atoms with Gasteiger partial charge >= 0.3 is 6.18 Å². The number of rotatable bonds is 3. The number of nitrogens with one attached hydrogen (secondary N) is 2. The summed E-state index contributed by atoms with van der Waals surface area (Å²) in [6, 6.07) is 5.69. The number of aryl methyl sites for hydroxylation is 1. The standard InChI is InChI=1S/C15H12F3N7/c1-25-12-4-8(2-3-11(12)23-24-25)9-5-19-13-10(9)6-20-14(22-13)21-7-15(16,17)18/h2-6H,7H2,1H3,(H2,19,20,21,22). The highest BCUT2D eigenvalue weighted by Crippen LogP contribution is 2.29. The maximum absolute atomic E-state index is 12.3. The summed E-state index contributed by atoms with van der Waals surface area (Å²) in [5.74, 6) is -0.0792. The van der Waals surface area contributed by atoms with Crippen LogP contribution in [-0.2, 0) is 7.05 Å². The van der Waals surface area contributed by atoms with Crippen molar-refractivity contribution >= 4 is 28.0 Å². The van der Waals surface area contributed by atoms with E-state index in [0.29, 0.717) is 11.0 Å². The lowest BCUT2D eigenvalue weighted by Crippen LogP contribution is -2.22. The number of benzene rings is 1. The predicted molar refractivity (Wildman–Crippen MR) is 85.9 cm³/mol. The maximum Gasteiger partial charge on any atom is 0.405 e. The molecule has 0 unspecified atom stereocenters. The first kappa shape index (κ1) is 15.4. The summed E-state index contributed by atoms with van der Waals surface area (Å²) >= 11 is 0. The van der Waals surface area contributed by atoms with Crippen LogP contribution in [0.4, 0.5) is 19.1 Å². The van der Waals surface area contributed by atoms with Gasteiger partial charge in [-0.15, -0.1) is 5.10 Å². The van der Waals surface area contributed by atoms with Gasteiger partial charge in [-0.25, -0.2) is 9.67 Å². The van der Waals surface area contributed by atoms with Gasteiger partial charge in [0.2, 0.25) is 5.95 Å². The third-order valence-electron chi connectivity index (χ3n) is 3.80. The van der Waals surface area contributed by atoms with Gasteiger partial charge in [0, 0.05) is 30.4 Å². The zero-order valence-corrected chi connectivity index (χ0v) is 13.0. The molecule has 4 rings (SSSR count). The Morgan fingerprint density at radius 2 is 2.12 bits per heavy atom. The first-order valence-electron chi connectivity index (χ1n) is 7.35. The molecule has 7 nitrogen and oxygen atoms in total. The lowest BCUT2D eigenvalue weighted by atomic mass is 10.1. The SMILES string of the molecule is Cn1nnc2ccc(-c3c[nH]c4nc(NCC(F)(F)F)ncc34)cc21. The third kappa shape index (κ3) is 2.86. The van der Waals surface area contributed by atoms with E-state index in [9.17, 15) is 13.2 Å². The van der Waals surface area contributed by atoms with Crippen LogP contribution in [0.25, 0.3) is 33.2 Å². The zero-order valence-electron chi connectivity index (χ0n) is 13.0. The number of halogens is 3. The van der Waals surface area contributed by atoms with Crippen LogP contribution in [0.2, 0.25) is 0 Å². The summed E-state index contributed by atoms with van der Waals surface area (Å²) in [6.45, 7) is -1.18. The van der Waals surface area contributed by atoms with Crippen LogP contribution >= 0.6 is 0 Å². The fourth-order valence-electron chi connectivity index (χ4n) is 2.61. The third-order valence-corrected chi connectivity index (χ3v) is 3.80. The molecular formula is C15H12F3N7. The molecule has 0 amide bonds. The minimum atomic E-state index is -4.33. The fraction of sp³-hybridized carbons (Fsp3) is 0.200. The molecule has 3 heterocycles. The molecule has 1 aromatic carbocycles. The smallest absolute Gasteiger partial charge is 0.345 e. The van der Waals surface area contributed by atoms with Gasteiger partial charge in [-0.2, -0.15) is 18.2 Å². The van der Waals surface area contributed by atoms with Gasteiger partial charge in [-0.05, 0) is 17.7 Å². The van der Waals surface area contributed by atoms with Gasteiger partial charge in [0.1, 0.15) is 17.7 Å². The molecule has 0 saturated heterocycles. The van der Waals surface area contributed by atoms with Crippen molar-refractivity contribution in [1.82, 2.24) is 29.9 Å². The minimum absolute atomic E-state index is 0.0792. The van der Waals surface area contributed by atoms with E-state index < -0.39 is 12.7 Å². The van der Waals surface area contributed by atoms with Gasteiger partial charge in [-0.1, -0.05) is 11.3 Å². The van der Waals surface area contributed by atoms with Crippen LogP contribution in [0, 0.1) is 0 Å². The Kier molecular flexibility index (Phi) is 3.34. The monoisotopic (exact) mass is 347 g/mol. The molecule has 4 aromatic rings. The Morgan fingerprint density at radius 3 is 2.92 bits per heavy atom. The maximum atomic E-state index is 12.3. The second-order valence-corrected chi connectivity index (χ2v) is 5.54. The number of aromatic nitrogens is 6. The van der Waals surface area contributed by atoms with E-state index in [-0.39, 0.29) is 5.95 Å². The number of fused-ring (bicyclic) bond motifs is 2. The number of nitrogens with zero attached hydrogens (tertiary/aromatic N) is 5. The molecule has 0 saturated carbocycles. The van der Waals surface area contributed by atoms with Gasteiger partial charge in [-0.3, -0.25) is 0 Å². The molecule has 10 heteroatoms. The van der Waals surface area contributed by atoms with Gasteiger partial charge < -0.3 is 10.3 Å². The Morgan fingerprint density at radius 1 is 1.28 bits per heavy atom. The van der Waals surface area contributed by atoms with Crippen molar-refractivity contribution in [2.45, 2.75) is 6.18 Å². The summed E-state index contributed by atoms with van der Waals surface area (Å²) in [5.41, 5.74) is 3.86. The Labute approximate surface area is 138 Å². The van der Waals surface area contributed by atoms with E-state index in [4.69, 9.17) is 0 Å². The summed E-state index contributed by atoms with van der Waals surface area (Å²) in [7, 11) is 1.80. The summed E-state index contributed by atoms with van der Waals surface area (Å²) in [4.78, 5) is 11.0. The second kappa shape index (κ2) is 5.43. The molecule has 3 aromatic heterocycles. The quantitative estimate of drug-likeness (QED) is 0.595. The molecule has 0 radical (unpaired) electrons. The van der Waals surface area contributed by atoms with Crippen molar-refractivity contribution in [2.24, 2.45) is 7.05 Å². The van der Waals surface area contributed by atoms with Crippen LogP contribution in [0.15, 0.2) is 30.6 Å². The van der Waals surface area contributed by atoms with E-state index in [1.165, 1.54) is 6.20 Å².